The van der Waals surface area contributed by atoms with Gasteiger partial charge in [-0.1, -0.05) is 43.2 Å². The Hall–Kier alpha value is -1.30. The second kappa shape index (κ2) is 6.64. The van der Waals surface area contributed by atoms with Crippen molar-refractivity contribution < 1.29 is 0 Å². The number of benzene rings is 1. The van der Waals surface area contributed by atoms with Gasteiger partial charge in [0.2, 0.25) is 0 Å². The molecule has 3 rings (SSSR count). The van der Waals surface area contributed by atoms with Crippen LogP contribution in [0.5, 0.6) is 0 Å². The number of hydrogen-bond donors (Lipinski definition) is 1. The predicted octanol–water partition coefficient (Wildman–Crippen LogP) is 3.36. The van der Waals surface area contributed by atoms with Crippen LogP contribution in [0.25, 0.3) is 0 Å². The standard InChI is InChI=1S/C19H26N2/c1-2-3-9-14-21-16-19(12-7-8-13-19)20-15-18(21)17-10-5-4-6-11-17/h1,4-6,10-11,18,20H,3,7-9,12-16H2. The molecule has 0 radical (unpaired) electrons. The maximum atomic E-state index is 5.42. The Morgan fingerprint density at radius 1 is 1.24 bits per heavy atom. The summed E-state index contributed by atoms with van der Waals surface area (Å²) in [6.07, 6.45) is 12.8. The van der Waals surface area contributed by atoms with Crippen LogP contribution in [0.2, 0.25) is 0 Å². The van der Waals surface area contributed by atoms with Crippen LogP contribution in [0.4, 0.5) is 0 Å². The van der Waals surface area contributed by atoms with Gasteiger partial charge in [0.05, 0.1) is 0 Å². The lowest BCUT2D eigenvalue weighted by Gasteiger charge is -2.46. The number of nitrogens with one attached hydrogen (secondary N) is 1. The summed E-state index contributed by atoms with van der Waals surface area (Å²) < 4.78 is 0. The molecule has 1 atom stereocenters. The molecule has 1 unspecified atom stereocenters. The van der Waals surface area contributed by atoms with E-state index in [0.717, 1.165) is 25.9 Å². The summed E-state index contributed by atoms with van der Waals surface area (Å²) in [6, 6.07) is 11.4. The molecule has 1 aliphatic carbocycles. The van der Waals surface area contributed by atoms with E-state index in [4.69, 9.17) is 6.42 Å². The minimum atomic E-state index is 0.376. The van der Waals surface area contributed by atoms with E-state index in [1.165, 1.54) is 37.8 Å². The zero-order valence-corrected chi connectivity index (χ0v) is 12.9. The highest BCUT2D eigenvalue weighted by Crippen LogP contribution is 2.36. The fourth-order valence-corrected chi connectivity index (χ4v) is 4.01. The molecule has 2 fully saturated rings. The topological polar surface area (TPSA) is 15.3 Å². The minimum Gasteiger partial charge on any atom is -0.308 e. The van der Waals surface area contributed by atoms with E-state index < -0.39 is 0 Å². The van der Waals surface area contributed by atoms with Crippen LogP contribution in [0.3, 0.4) is 0 Å². The van der Waals surface area contributed by atoms with E-state index in [1.807, 2.05) is 0 Å². The second-order valence-electron chi connectivity index (χ2n) is 6.57. The van der Waals surface area contributed by atoms with Gasteiger partial charge in [0, 0.05) is 31.1 Å². The maximum absolute atomic E-state index is 5.42. The Kier molecular flexibility index (Phi) is 4.63. The Balaban J connectivity index is 1.74. The monoisotopic (exact) mass is 282 g/mol. The first-order valence-electron chi connectivity index (χ1n) is 8.30. The Labute approximate surface area is 128 Å². The van der Waals surface area contributed by atoms with Crippen molar-refractivity contribution in [2.75, 3.05) is 19.6 Å². The third-order valence-electron chi connectivity index (χ3n) is 5.13. The first-order chi connectivity index (χ1) is 10.3. The molecule has 1 saturated carbocycles. The molecular formula is C19H26N2. The van der Waals surface area contributed by atoms with Crippen LogP contribution in [-0.4, -0.2) is 30.1 Å². The largest absolute Gasteiger partial charge is 0.308 e. The van der Waals surface area contributed by atoms with Crippen molar-refractivity contribution in [3.05, 3.63) is 35.9 Å². The molecule has 1 aromatic rings. The highest BCUT2D eigenvalue weighted by molar-refractivity contribution is 5.21. The zero-order chi connectivity index (χ0) is 14.5. The van der Waals surface area contributed by atoms with Crippen LogP contribution in [0.15, 0.2) is 30.3 Å². The Bertz CT molecular complexity index is 482. The van der Waals surface area contributed by atoms with Gasteiger partial charge in [0.15, 0.2) is 0 Å². The minimum absolute atomic E-state index is 0.376. The zero-order valence-electron chi connectivity index (χ0n) is 12.9. The van der Waals surface area contributed by atoms with E-state index in [0.29, 0.717) is 11.6 Å². The van der Waals surface area contributed by atoms with Crippen molar-refractivity contribution in [3.63, 3.8) is 0 Å². The van der Waals surface area contributed by atoms with Crippen LogP contribution in [0.1, 0.15) is 50.1 Å². The predicted molar refractivity (Wildman–Crippen MR) is 88.0 cm³/mol. The van der Waals surface area contributed by atoms with Gasteiger partial charge in [-0.3, -0.25) is 4.90 Å². The summed E-state index contributed by atoms with van der Waals surface area (Å²) in [5, 5.41) is 3.88. The molecule has 1 heterocycles. The molecule has 2 heteroatoms. The van der Waals surface area contributed by atoms with Gasteiger partial charge in [0.1, 0.15) is 0 Å². The van der Waals surface area contributed by atoms with Gasteiger partial charge in [-0.05, 0) is 31.4 Å². The molecule has 1 N–H and O–H groups in total. The van der Waals surface area contributed by atoms with Gasteiger partial charge in [-0.2, -0.15) is 0 Å². The van der Waals surface area contributed by atoms with Gasteiger partial charge in [-0.25, -0.2) is 0 Å². The number of rotatable bonds is 4. The first kappa shape index (κ1) is 14.6. The van der Waals surface area contributed by atoms with Crippen LogP contribution >= 0.6 is 0 Å². The van der Waals surface area contributed by atoms with Gasteiger partial charge >= 0.3 is 0 Å². The summed E-state index contributed by atoms with van der Waals surface area (Å²) in [5.74, 6) is 2.78. The molecule has 112 valence electrons. The lowest BCUT2D eigenvalue weighted by Crippen LogP contribution is -2.60. The van der Waals surface area contributed by atoms with E-state index in [9.17, 15) is 0 Å². The number of hydrogen-bond acceptors (Lipinski definition) is 2. The van der Waals surface area contributed by atoms with Gasteiger partial charge < -0.3 is 5.32 Å². The average Bonchev–Trinajstić information content (AvgIpc) is 2.97. The van der Waals surface area contributed by atoms with E-state index in [-0.39, 0.29) is 0 Å². The number of unbranched alkanes of at least 4 members (excludes halogenated alkanes) is 1. The number of nitrogens with zero attached hydrogens (tertiary/aromatic N) is 1. The van der Waals surface area contributed by atoms with E-state index in [1.54, 1.807) is 0 Å². The number of terminal acetylenes is 1. The van der Waals surface area contributed by atoms with Crippen LogP contribution in [0, 0.1) is 12.3 Å². The highest BCUT2D eigenvalue weighted by atomic mass is 15.3. The molecule has 0 aromatic heterocycles. The SMILES string of the molecule is C#CCCCN1CC2(CCCC2)NCC1c1ccccc1. The van der Waals surface area contributed by atoms with E-state index in [2.05, 4.69) is 46.5 Å². The molecule has 21 heavy (non-hydrogen) atoms. The quantitative estimate of drug-likeness (QED) is 0.673. The van der Waals surface area contributed by atoms with Gasteiger partial charge in [-0.15, -0.1) is 12.3 Å². The van der Waals surface area contributed by atoms with Crippen molar-refractivity contribution in [2.45, 2.75) is 50.1 Å². The average molecular weight is 282 g/mol. The summed E-state index contributed by atoms with van der Waals surface area (Å²) in [6.45, 7) is 3.37. The summed E-state index contributed by atoms with van der Waals surface area (Å²) in [7, 11) is 0. The Morgan fingerprint density at radius 2 is 2.00 bits per heavy atom. The Morgan fingerprint density at radius 3 is 2.71 bits per heavy atom. The third-order valence-corrected chi connectivity index (χ3v) is 5.13. The molecule has 1 saturated heterocycles. The summed E-state index contributed by atoms with van der Waals surface area (Å²) in [5.41, 5.74) is 1.81. The first-order valence-corrected chi connectivity index (χ1v) is 8.30. The van der Waals surface area contributed by atoms with Crippen molar-refractivity contribution in [2.24, 2.45) is 0 Å². The fourth-order valence-electron chi connectivity index (χ4n) is 4.01. The van der Waals surface area contributed by atoms with Crippen molar-refractivity contribution in [1.82, 2.24) is 10.2 Å². The van der Waals surface area contributed by atoms with Crippen LogP contribution < -0.4 is 5.32 Å². The van der Waals surface area contributed by atoms with Crippen LogP contribution in [-0.2, 0) is 0 Å². The molecular weight excluding hydrogens is 256 g/mol. The normalized spacial score (nSPS) is 25.0. The molecule has 0 bridgehead atoms. The van der Waals surface area contributed by atoms with Crippen molar-refractivity contribution in [3.8, 4) is 12.3 Å². The fraction of sp³-hybridized carbons (Fsp3) is 0.579. The van der Waals surface area contributed by atoms with Gasteiger partial charge in [0.25, 0.3) is 0 Å². The lowest BCUT2D eigenvalue weighted by atomic mass is 9.90. The lowest BCUT2D eigenvalue weighted by molar-refractivity contribution is 0.0795. The molecule has 2 nitrogen and oxygen atoms in total. The van der Waals surface area contributed by atoms with Crippen molar-refractivity contribution >= 4 is 0 Å². The summed E-state index contributed by atoms with van der Waals surface area (Å²) >= 11 is 0. The molecule has 1 aliphatic heterocycles. The third kappa shape index (κ3) is 3.31. The molecule has 2 aliphatic rings. The number of piperazine rings is 1. The summed E-state index contributed by atoms with van der Waals surface area (Å²) in [4.78, 5) is 2.68. The highest BCUT2D eigenvalue weighted by Gasteiger charge is 2.41. The van der Waals surface area contributed by atoms with E-state index >= 15 is 0 Å². The molecule has 0 amide bonds. The van der Waals surface area contributed by atoms with Crippen molar-refractivity contribution in [1.29, 1.82) is 0 Å². The smallest absolute Gasteiger partial charge is 0.0473 e. The molecule has 1 spiro atoms. The second-order valence-corrected chi connectivity index (χ2v) is 6.57. The maximum Gasteiger partial charge on any atom is 0.0473 e. The molecule has 1 aromatic carbocycles.